The van der Waals surface area contributed by atoms with E-state index >= 15 is 0 Å². The van der Waals surface area contributed by atoms with Crippen molar-refractivity contribution in [3.63, 3.8) is 0 Å². The third-order valence-electron chi connectivity index (χ3n) is 5.44. The van der Waals surface area contributed by atoms with Gasteiger partial charge in [0, 0.05) is 27.2 Å². The quantitative estimate of drug-likeness (QED) is 0.277. The third kappa shape index (κ3) is 4.47. The van der Waals surface area contributed by atoms with Gasteiger partial charge in [-0.3, -0.25) is 4.79 Å². The second kappa shape index (κ2) is 9.20. The molecule has 0 aliphatic rings. The number of nitrogens with one attached hydrogen (secondary N) is 1. The molecule has 0 fully saturated rings. The normalized spacial score (nSPS) is 11.3. The summed E-state index contributed by atoms with van der Waals surface area (Å²) in [5.74, 6) is 1.48. The van der Waals surface area contributed by atoms with E-state index in [1.165, 1.54) is 0 Å². The van der Waals surface area contributed by atoms with Crippen molar-refractivity contribution < 1.29 is 13.9 Å². The summed E-state index contributed by atoms with van der Waals surface area (Å²) in [6.07, 6.45) is 0. The lowest BCUT2D eigenvalue weighted by atomic mass is 10.0. The van der Waals surface area contributed by atoms with Gasteiger partial charge in [-0.25, -0.2) is 4.98 Å². The molecule has 0 atom stereocenters. The van der Waals surface area contributed by atoms with Gasteiger partial charge in [-0.2, -0.15) is 0 Å². The highest BCUT2D eigenvalue weighted by Gasteiger charge is 2.14. The third-order valence-corrected chi connectivity index (χ3v) is 5.77. The maximum atomic E-state index is 12.7. The van der Waals surface area contributed by atoms with Gasteiger partial charge in [-0.05, 0) is 65.9 Å². The predicted molar refractivity (Wildman–Crippen MR) is 137 cm³/mol. The van der Waals surface area contributed by atoms with Crippen molar-refractivity contribution >= 4 is 45.1 Å². The van der Waals surface area contributed by atoms with Crippen molar-refractivity contribution in [3.8, 4) is 17.2 Å². The summed E-state index contributed by atoms with van der Waals surface area (Å²) in [6.45, 7) is 4.82. The number of rotatable bonds is 6. The largest absolute Gasteiger partial charge is 0.493 e. The average molecular weight is 471 g/mol. The molecule has 5 rings (SSSR count). The van der Waals surface area contributed by atoms with Crippen molar-refractivity contribution in [1.82, 2.24) is 4.98 Å². The summed E-state index contributed by atoms with van der Waals surface area (Å²) in [5, 5.41) is 5.52. The molecule has 0 unspecified atom stereocenters. The fourth-order valence-electron chi connectivity index (χ4n) is 3.75. The van der Waals surface area contributed by atoms with E-state index < -0.39 is 0 Å². The van der Waals surface area contributed by atoms with Crippen LogP contribution in [0.3, 0.4) is 0 Å². The van der Waals surface area contributed by atoms with Crippen LogP contribution in [0.4, 0.5) is 5.69 Å². The highest BCUT2D eigenvalue weighted by Crippen LogP contribution is 2.34. The summed E-state index contributed by atoms with van der Waals surface area (Å²) < 4.78 is 11.7. The van der Waals surface area contributed by atoms with E-state index in [9.17, 15) is 4.79 Å². The first-order valence-electron chi connectivity index (χ1n) is 11.1. The summed E-state index contributed by atoms with van der Waals surface area (Å²) in [6, 6.07) is 24.2. The Morgan fingerprint density at radius 2 is 1.76 bits per heavy atom. The molecule has 1 heterocycles. The Kier molecular flexibility index (Phi) is 5.95. The molecule has 0 radical (unpaired) electrons. The molecule has 4 aromatic carbocycles. The van der Waals surface area contributed by atoms with Crippen LogP contribution in [0.5, 0.6) is 5.75 Å². The Labute approximate surface area is 202 Å². The second-order valence-corrected chi connectivity index (χ2v) is 8.93. The number of fused-ring (bicyclic) bond motifs is 2. The summed E-state index contributed by atoms with van der Waals surface area (Å²) in [4.78, 5) is 17.4. The van der Waals surface area contributed by atoms with Gasteiger partial charge in [0.05, 0.1) is 6.61 Å². The van der Waals surface area contributed by atoms with Gasteiger partial charge >= 0.3 is 0 Å². The highest BCUT2D eigenvalue weighted by atomic mass is 35.5. The number of carbonyl (C=O) groups excluding carboxylic acids is 1. The molecule has 0 bridgehead atoms. The molecule has 0 spiro atoms. The highest BCUT2D eigenvalue weighted by molar-refractivity contribution is 6.35. The molecule has 1 N–H and O–H groups in total. The van der Waals surface area contributed by atoms with Crippen LogP contribution in [0.1, 0.15) is 24.2 Å². The monoisotopic (exact) mass is 470 g/mol. The van der Waals surface area contributed by atoms with Crippen LogP contribution in [0.15, 0.2) is 83.3 Å². The van der Waals surface area contributed by atoms with Gasteiger partial charge in [0.15, 0.2) is 5.58 Å². The minimum atomic E-state index is -0.206. The minimum Gasteiger partial charge on any atom is -0.493 e. The molecule has 0 aliphatic heterocycles. The number of hydrogen-bond donors (Lipinski definition) is 1. The SMILES string of the molecule is CC(C)COc1ccc(C(=O)Nc2ccc3oc(-c4cccc5c(Cl)cccc45)nc3c2)cc1. The number of hydrogen-bond acceptors (Lipinski definition) is 4. The van der Waals surface area contributed by atoms with E-state index in [2.05, 4.69) is 24.1 Å². The molecule has 170 valence electrons. The number of benzene rings is 4. The first kappa shape index (κ1) is 22.0. The number of halogens is 1. The van der Waals surface area contributed by atoms with Crippen molar-refractivity contribution in [2.24, 2.45) is 5.92 Å². The van der Waals surface area contributed by atoms with Crippen LogP contribution < -0.4 is 10.1 Å². The van der Waals surface area contributed by atoms with Gasteiger partial charge in [0.2, 0.25) is 5.89 Å². The lowest BCUT2D eigenvalue weighted by Crippen LogP contribution is -2.12. The van der Waals surface area contributed by atoms with Crippen LogP contribution in [0, 0.1) is 5.92 Å². The van der Waals surface area contributed by atoms with Gasteiger partial charge in [-0.1, -0.05) is 49.7 Å². The Bertz CT molecular complexity index is 1490. The molecule has 1 amide bonds. The average Bonchev–Trinajstić information content (AvgIpc) is 3.26. The number of oxazole rings is 1. The maximum absolute atomic E-state index is 12.7. The molecule has 6 heteroatoms. The predicted octanol–water partition coefficient (Wildman–Crippen LogP) is 7.59. The van der Waals surface area contributed by atoms with Crippen LogP contribution >= 0.6 is 11.6 Å². The zero-order valence-electron chi connectivity index (χ0n) is 18.8. The van der Waals surface area contributed by atoms with Crippen LogP contribution in [0.2, 0.25) is 5.02 Å². The zero-order valence-corrected chi connectivity index (χ0v) is 19.6. The van der Waals surface area contributed by atoms with E-state index in [-0.39, 0.29) is 5.91 Å². The second-order valence-electron chi connectivity index (χ2n) is 8.53. The number of amides is 1. The molecular weight excluding hydrogens is 448 g/mol. The standard InChI is InChI=1S/C28H23ClN2O3/c1-17(2)16-33-20-12-9-18(10-13-20)27(32)30-19-11-14-26-25(15-19)31-28(34-26)23-7-3-6-22-21(23)5-4-8-24(22)29/h3-15,17H,16H2,1-2H3,(H,30,32). The van der Waals surface area contributed by atoms with Crippen LogP contribution in [0.25, 0.3) is 33.3 Å². The van der Waals surface area contributed by atoms with Crippen molar-refractivity contribution in [2.45, 2.75) is 13.8 Å². The van der Waals surface area contributed by atoms with E-state index in [0.29, 0.717) is 45.8 Å². The van der Waals surface area contributed by atoms with Gasteiger partial charge in [0.1, 0.15) is 11.3 Å². The first-order chi connectivity index (χ1) is 16.5. The molecule has 0 saturated carbocycles. The Hall–Kier alpha value is -3.83. The van der Waals surface area contributed by atoms with Crippen molar-refractivity contribution in [1.29, 1.82) is 0 Å². The topological polar surface area (TPSA) is 64.4 Å². The lowest BCUT2D eigenvalue weighted by molar-refractivity contribution is 0.102. The Morgan fingerprint density at radius 3 is 2.56 bits per heavy atom. The molecule has 34 heavy (non-hydrogen) atoms. The van der Waals surface area contributed by atoms with Crippen molar-refractivity contribution in [2.75, 3.05) is 11.9 Å². The van der Waals surface area contributed by atoms with Crippen LogP contribution in [-0.4, -0.2) is 17.5 Å². The van der Waals surface area contributed by atoms with Gasteiger partial charge in [-0.15, -0.1) is 0 Å². The minimum absolute atomic E-state index is 0.206. The summed E-state index contributed by atoms with van der Waals surface area (Å²) in [5.41, 5.74) is 3.34. The molecule has 0 aliphatic carbocycles. The van der Waals surface area contributed by atoms with E-state index in [1.54, 1.807) is 36.4 Å². The molecular formula is C28H23ClN2O3. The molecule has 5 aromatic rings. The van der Waals surface area contributed by atoms with Gasteiger partial charge < -0.3 is 14.5 Å². The number of ether oxygens (including phenoxy) is 1. The number of aromatic nitrogens is 1. The van der Waals surface area contributed by atoms with E-state index in [4.69, 9.17) is 20.8 Å². The zero-order chi connectivity index (χ0) is 23.7. The molecule has 5 nitrogen and oxygen atoms in total. The molecule has 0 saturated heterocycles. The smallest absolute Gasteiger partial charge is 0.255 e. The Morgan fingerprint density at radius 1 is 1.00 bits per heavy atom. The number of nitrogens with zero attached hydrogens (tertiary/aromatic N) is 1. The van der Waals surface area contributed by atoms with Crippen LogP contribution in [-0.2, 0) is 0 Å². The fourth-order valence-corrected chi connectivity index (χ4v) is 3.98. The lowest BCUT2D eigenvalue weighted by Gasteiger charge is -2.09. The Balaban J connectivity index is 1.37. The first-order valence-corrected chi connectivity index (χ1v) is 11.5. The number of anilines is 1. The number of carbonyl (C=O) groups is 1. The van der Waals surface area contributed by atoms with E-state index in [1.807, 2.05) is 42.5 Å². The maximum Gasteiger partial charge on any atom is 0.255 e. The summed E-state index contributed by atoms with van der Waals surface area (Å²) in [7, 11) is 0. The molecule has 1 aromatic heterocycles. The summed E-state index contributed by atoms with van der Waals surface area (Å²) >= 11 is 6.35. The van der Waals surface area contributed by atoms with Crippen molar-refractivity contribution in [3.05, 3.63) is 89.4 Å². The van der Waals surface area contributed by atoms with E-state index in [0.717, 1.165) is 22.1 Å². The van der Waals surface area contributed by atoms with Gasteiger partial charge in [0.25, 0.3) is 5.91 Å². The fraction of sp³-hybridized carbons (Fsp3) is 0.143.